The third-order valence-corrected chi connectivity index (χ3v) is 3.74. The molecule has 0 atom stereocenters. The highest BCUT2D eigenvalue weighted by molar-refractivity contribution is 6.30. The number of hydrogen-bond acceptors (Lipinski definition) is 2. The van der Waals surface area contributed by atoms with E-state index in [1.165, 1.54) is 0 Å². The molecule has 2 aromatic carbocycles. The molecule has 106 valence electrons. The first-order valence-electron chi connectivity index (χ1n) is 6.56. The van der Waals surface area contributed by atoms with Crippen molar-refractivity contribution in [3.05, 3.63) is 64.8 Å². The van der Waals surface area contributed by atoms with Crippen molar-refractivity contribution in [2.45, 2.75) is 12.8 Å². The minimum Gasteiger partial charge on any atom is -0.455 e. The van der Waals surface area contributed by atoms with Gasteiger partial charge in [0.25, 0.3) is 0 Å². The summed E-state index contributed by atoms with van der Waals surface area (Å²) in [5.41, 5.74) is 2.67. The maximum Gasteiger partial charge on any atom is 0.153 e. The van der Waals surface area contributed by atoms with E-state index in [2.05, 4.69) is 4.98 Å². The lowest BCUT2D eigenvalue weighted by Gasteiger charge is -2.12. The smallest absolute Gasteiger partial charge is 0.153 e. The quantitative estimate of drug-likeness (QED) is 0.576. The molecule has 0 fully saturated rings. The number of benzene rings is 2. The average Bonchev–Trinajstić information content (AvgIpc) is 2.48. The highest BCUT2D eigenvalue weighted by atomic mass is 35.5. The molecule has 0 saturated heterocycles. The Balaban J connectivity index is 2.10. The Hall–Kier alpha value is -1.77. The van der Waals surface area contributed by atoms with Crippen LogP contribution < -0.4 is 4.74 Å². The standard InChI is InChI=1S/C17H13Cl2NO/c1-11-5-6-12-3-2-4-15(17(12)20-11)21-16-9-14(19)8-7-13(16)10-18/h2-9H,10H2,1H3. The van der Waals surface area contributed by atoms with Gasteiger partial charge < -0.3 is 4.74 Å². The average molecular weight is 318 g/mol. The summed E-state index contributed by atoms with van der Waals surface area (Å²) in [6, 6.07) is 15.3. The molecule has 4 heteroatoms. The highest BCUT2D eigenvalue weighted by Crippen LogP contribution is 2.33. The molecule has 0 aliphatic carbocycles. The van der Waals surface area contributed by atoms with E-state index in [9.17, 15) is 0 Å². The van der Waals surface area contributed by atoms with Gasteiger partial charge in [0.1, 0.15) is 11.3 Å². The molecule has 3 aromatic rings. The van der Waals surface area contributed by atoms with Gasteiger partial charge >= 0.3 is 0 Å². The first-order chi connectivity index (χ1) is 10.2. The van der Waals surface area contributed by atoms with Gasteiger partial charge in [0, 0.05) is 21.7 Å². The zero-order chi connectivity index (χ0) is 14.8. The van der Waals surface area contributed by atoms with E-state index in [4.69, 9.17) is 27.9 Å². The molecule has 0 aliphatic heterocycles. The maximum atomic E-state index is 6.04. The van der Waals surface area contributed by atoms with Crippen molar-refractivity contribution in [3.8, 4) is 11.5 Å². The van der Waals surface area contributed by atoms with Crippen LogP contribution >= 0.6 is 23.2 Å². The maximum absolute atomic E-state index is 6.04. The molecule has 2 nitrogen and oxygen atoms in total. The van der Waals surface area contributed by atoms with Crippen molar-refractivity contribution in [1.29, 1.82) is 0 Å². The third-order valence-electron chi connectivity index (χ3n) is 3.22. The number of fused-ring (bicyclic) bond motifs is 1. The monoisotopic (exact) mass is 317 g/mol. The van der Waals surface area contributed by atoms with Gasteiger partial charge in [-0.25, -0.2) is 4.98 Å². The number of para-hydroxylation sites is 1. The summed E-state index contributed by atoms with van der Waals surface area (Å²) in [5, 5.41) is 1.65. The first kappa shape index (κ1) is 14.2. The predicted molar refractivity (Wildman–Crippen MR) is 87.6 cm³/mol. The lowest BCUT2D eigenvalue weighted by molar-refractivity contribution is 0.483. The number of hydrogen-bond donors (Lipinski definition) is 0. The molecule has 0 unspecified atom stereocenters. The Labute approximate surface area is 133 Å². The molecule has 21 heavy (non-hydrogen) atoms. The van der Waals surface area contributed by atoms with E-state index in [1.807, 2.05) is 43.3 Å². The topological polar surface area (TPSA) is 22.1 Å². The van der Waals surface area contributed by atoms with Crippen molar-refractivity contribution < 1.29 is 4.74 Å². The number of pyridine rings is 1. The minimum atomic E-state index is 0.365. The predicted octanol–water partition coefficient (Wildman–Crippen LogP) is 5.73. The van der Waals surface area contributed by atoms with E-state index in [1.54, 1.807) is 12.1 Å². The Kier molecular flexibility index (Phi) is 4.00. The van der Waals surface area contributed by atoms with Gasteiger partial charge in [-0.2, -0.15) is 0 Å². The molecule has 0 amide bonds. The van der Waals surface area contributed by atoms with Crippen LogP contribution in [0, 0.1) is 6.92 Å². The molecule has 0 saturated carbocycles. The molecule has 3 rings (SSSR count). The van der Waals surface area contributed by atoms with Gasteiger partial charge in [-0.05, 0) is 31.2 Å². The fraction of sp³-hybridized carbons (Fsp3) is 0.118. The van der Waals surface area contributed by atoms with Crippen molar-refractivity contribution >= 4 is 34.1 Å². The fourth-order valence-corrected chi connectivity index (χ4v) is 2.53. The number of rotatable bonds is 3. The highest BCUT2D eigenvalue weighted by Gasteiger charge is 2.09. The third kappa shape index (κ3) is 2.97. The molecule has 1 heterocycles. The van der Waals surface area contributed by atoms with E-state index < -0.39 is 0 Å². The van der Waals surface area contributed by atoms with E-state index in [0.717, 1.165) is 22.2 Å². The number of aromatic nitrogens is 1. The van der Waals surface area contributed by atoms with Gasteiger partial charge in [0.15, 0.2) is 5.75 Å². The summed E-state index contributed by atoms with van der Waals surface area (Å²) >= 11 is 12.0. The van der Waals surface area contributed by atoms with E-state index in [-0.39, 0.29) is 0 Å². The second-order valence-electron chi connectivity index (χ2n) is 4.77. The molecule has 0 radical (unpaired) electrons. The number of nitrogens with zero attached hydrogens (tertiary/aromatic N) is 1. The number of halogens is 2. The fourth-order valence-electron chi connectivity index (χ4n) is 2.15. The number of ether oxygens (including phenoxy) is 1. The van der Waals surface area contributed by atoms with Gasteiger partial charge in [0.2, 0.25) is 0 Å². The summed E-state index contributed by atoms with van der Waals surface area (Å²) < 4.78 is 6.02. The zero-order valence-electron chi connectivity index (χ0n) is 11.4. The van der Waals surface area contributed by atoms with Crippen LogP contribution in [0.3, 0.4) is 0 Å². The number of alkyl halides is 1. The second-order valence-corrected chi connectivity index (χ2v) is 5.47. The van der Waals surface area contributed by atoms with Crippen LogP contribution in [0.15, 0.2) is 48.5 Å². The summed E-state index contributed by atoms with van der Waals surface area (Å²) in [6.45, 7) is 1.96. The Morgan fingerprint density at radius 1 is 1.05 bits per heavy atom. The van der Waals surface area contributed by atoms with Gasteiger partial charge in [0.05, 0.1) is 5.88 Å². The van der Waals surface area contributed by atoms with Crippen LogP contribution in [0.2, 0.25) is 5.02 Å². The molecular weight excluding hydrogens is 305 g/mol. The Morgan fingerprint density at radius 2 is 1.90 bits per heavy atom. The Bertz CT molecular complexity index is 802. The van der Waals surface area contributed by atoms with Crippen LogP contribution in [0.1, 0.15) is 11.3 Å². The second kappa shape index (κ2) is 5.92. The Morgan fingerprint density at radius 3 is 2.71 bits per heavy atom. The van der Waals surface area contributed by atoms with Crippen LogP contribution in [0.25, 0.3) is 10.9 Å². The largest absolute Gasteiger partial charge is 0.455 e. The van der Waals surface area contributed by atoms with Crippen LogP contribution in [0.4, 0.5) is 0 Å². The molecule has 0 aliphatic rings. The van der Waals surface area contributed by atoms with Crippen molar-refractivity contribution in [3.63, 3.8) is 0 Å². The summed E-state index contributed by atoms with van der Waals surface area (Å²) in [7, 11) is 0. The zero-order valence-corrected chi connectivity index (χ0v) is 12.9. The molecule has 1 aromatic heterocycles. The molecule has 0 bridgehead atoms. The SMILES string of the molecule is Cc1ccc2cccc(Oc3cc(Cl)ccc3CCl)c2n1. The number of aryl methyl sites for hydroxylation is 1. The normalized spacial score (nSPS) is 10.8. The molecule has 0 N–H and O–H groups in total. The van der Waals surface area contributed by atoms with Gasteiger partial charge in [-0.1, -0.05) is 35.9 Å². The summed E-state index contributed by atoms with van der Waals surface area (Å²) in [4.78, 5) is 4.56. The lowest BCUT2D eigenvalue weighted by atomic mass is 10.2. The minimum absolute atomic E-state index is 0.365. The van der Waals surface area contributed by atoms with Crippen LogP contribution in [-0.2, 0) is 5.88 Å². The summed E-state index contributed by atoms with van der Waals surface area (Å²) in [6.07, 6.45) is 0. The van der Waals surface area contributed by atoms with Gasteiger partial charge in [-0.3, -0.25) is 0 Å². The lowest BCUT2D eigenvalue weighted by Crippen LogP contribution is -1.92. The van der Waals surface area contributed by atoms with E-state index in [0.29, 0.717) is 22.4 Å². The first-order valence-corrected chi connectivity index (χ1v) is 7.47. The van der Waals surface area contributed by atoms with Crippen molar-refractivity contribution in [1.82, 2.24) is 4.98 Å². The molecular formula is C17H13Cl2NO. The van der Waals surface area contributed by atoms with Crippen molar-refractivity contribution in [2.75, 3.05) is 0 Å². The van der Waals surface area contributed by atoms with E-state index >= 15 is 0 Å². The molecule has 0 spiro atoms. The van der Waals surface area contributed by atoms with Crippen LogP contribution in [0.5, 0.6) is 11.5 Å². The van der Waals surface area contributed by atoms with Crippen LogP contribution in [-0.4, -0.2) is 4.98 Å². The van der Waals surface area contributed by atoms with Crippen molar-refractivity contribution in [2.24, 2.45) is 0 Å². The summed E-state index contributed by atoms with van der Waals surface area (Å²) in [5.74, 6) is 1.72. The van der Waals surface area contributed by atoms with Gasteiger partial charge in [-0.15, -0.1) is 11.6 Å².